The van der Waals surface area contributed by atoms with Crippen LogP contribution in [0.2, 0.25) is 0 Å². The van der Waals surface area contributed by atoms with Crippen LogP contribution in [0.1, 0.15) is 6.92 Å². The highest BCUT2D eigenvalue weighted by molar-refractivity contribution is 6.19. The number of hydrogen-bond acceptors (Lipinski definition) is 2. The number of nitrogens with one attached hydrogen (secondary N) is 1. The molecule has 1 heterocycles. The van der Waals surface area contributed by atoms with Gasteiger partial charge in [0.1, 0.15) is 5.56 Å². The summed E-state index contributed by atoms with van der Waals surface area (Å²) in [5.41, 5.74) is -0.126. The Hall–Kier alpha value is 0.210. The Morgan fingerprint density at radius 2 is 2.38 bits per heavy atom. The zero-order valence-corrected chi connectivity index (χ0v) is 5.61. The molecule has 2 nitrogen and oxygen atoms in total. The molecule has 0 aromatic rings. The highest BCUT2D eigenvalue weighted by Crippen LogP contribution is 2.05. The van der Waals surface area contributed by atoms with Crippen LogP contribution in [0, 0.1) is 0 Å². The average molecular weight is 136 g/mol. The molecule has 48 valence electrons. The van der Waals surface area contributed by atoms with Gasteiger partial charge in [-0.05, 0) is 6.92 Å². The van der Waals surface area contributed by atoms with Crippen molar-refractivity contribution in [3.05, 3.63) is 0 Å². The standard InChI is InChI=1S/C5H10ClNO/c1-4-2-7-3-5(6)8-4/h4-5,7H,2-3H2,1H3. The molecule has 0 aliphatic carbocycles. The molecule has 1 saturated heterocycles. The molecule has 0 saturated carbocycles. The Bertz CT molecular complexity index is 70.8. The van der Waals surface area contributed by atoms with E-state index in [1.54, 1.807) is 0 Å². The highest BCUT2D eigenvalue weighted by atomic mass is 35.5. The monoisotopic (exact) mass is 135 g/mol. The average Bonchev–Trinajstić information content (AvgIpc) is 1.64. The molecule has 1 aliphatic rings. The van der Waals surface area contributed by atoms with Gasteiger partial charge in [0, 0.05) is 13.1 Å². The van der Waals surface area contributed by atoms with E-state index < -0.39 is 0 Å². The van der Waals surface area contributed by atoms with Crippen LogP contribution in [0.15, 0.2) is 0 Å². The van der Waals surface area contributed by atoms with Gasteiger partial charge in [0.2, 0.25) is 0 Å². The third-order valence-electron chi connectivity index (χ3n) is 1.12. The van der Waals surface area contributed by atoms with Crippen molar-refractivity contribution < 1.29 is 4.74 Å². The fraction of sp³-hybridized carbons (Fsp3) is 1.00. The van der Waals surface area contributed by atoms with E-state index >= 15 is 0 Å². The minimum absolute atomic E-state index is 0.126. The molecule has 3 heteroatoms. The summed E-state index contributed by atoms with van der Waals surface area (Å²) in [6, 6.07) is 0. The van der Waals surface area contributed by atoms with E-state index in [2.05, 4.69) is 5.32 Å². The van der Waals surface area contributed by atoms with Crippen molar-refractivity contribution in [3.8, 4) is 0 Å². The van der Waals surface area contributed by atoms with Crippen LogP contribution < -0.4 is 5.32 Å². The van der Waals surface area contributed by atoms with Gasteiger partial charge in [0.15, 0.2) is 0 Å². The first-order valence-electron chi connectivity index (χ1n) is 2.79. The maximum absolute atomic E-state index is 5.63. The van der Waals surface area contributed by atoms with Crippen molar-refractivity contribution >= 4 is 11.6 Å². The first kappa shape index (κ1) is 6.33. The smallest absolute Gasteiger partial charge is 0.143 e. The van der Waals surface area contributed by atoms with Gasteiger partial charge in [-0.2, -0.15) is 0 Å². The number of morpholine rings is 1. The number of halogens is 1. The molecule has 1 aliphatic heterocycles. The summed E-state index contributed by atoms with van der Waals surface area (Å²) in [6.07, 6.45) is 0.270. The Morgan fingerprint density at radius 1 is 1.62 bits per heavy atom. The normalized spacial score (nSPS) is 39.8. The van der Waals surface area contributed by atoms with Crippen molar-refractivity contribution in [2.45, 2.75) is 18.6 Å². The molecule has 8 heavy (non-hydrogen) atoms. The summed E-state index contributed by atoms with van der Waals surface area (Å²) in [5, 5.41) is 3.13. The zero-order chi connectivity index (χ0) is 5.98. The number of rotatable bonds is 0. The first-order valence-corrected chi connectivity index (χ1v) is 3.23. The molecule has 0 bridgehead atoms. The molecule has 2 unspecified atom stereocenters. The van der Waals surface area contributed by atoms with E-state index in [-0.39, 0.29) is 11.7 Å². The van der Waals surface area contributed by atoms with Crippen molar-refractivity contribution in [2.24, 2.45) is 0 Å². The van der Waals surface area contributed by atoms with Gasteiger partial charge in [-0.15, -0.1) is 0 Å². The van der Waals surface area contributed by atoms with E-state index in [1.165, 1.54) is 0 Å². The molecule has 1 fully saturated rings. The van der Waals surface area contributed by atoms with Crippen LogP contribution in [0.25, 0.3) is 0 Å². The third-order valence-corrected chi connectivity index (χ3v) is 1.37. The Morgan fingerprint density at radius 3 is 2.75 bits per heavy atom. The predicted octanol–water partition coefficient (Wildman–Crippen LogP) is 0.560. The van der Waals surface area contributed by atoms with Crippen LogP contribution in [0.4, 0.5) is 0 Å². The predicted molar refractivity (Wildman–Crippen MR) is 33.1 cm³/mol. The van der Waals surface area contributed by atoms with Gasteiger partial charge >= 0.3 is 0 Å². The largest absolute Gasteiger partial charge is 0.357 e. The molecule has 1 N–H and O–H groups in total. The quantitative estimate of drug-likeness (QED) is 0.490. The first-order chi connectivity index (χ1) is 3.79. The second-order valence-corrected chi connectivity index (χ2v) is 2.50. The maximum Gasteiger partial charge on any atom is 0.143 e. The van der Waals surface area contributed by atoms with Crippen LogP contribution in [0.5, 0.6) is 0 Å². The second kappa shape index (κ2) is 2.67. The Kier molecular flexibility index (Phi) is 2.11. The fourth-order valence-electron chi connectivity index (χ4n) is 0.748. The molecule has 0 spiro atoms. The van der Waals surface area contributed by atoms with Gasteiger partial charge in [0.05, 0.1) is 6.10 Å². The third kappa shape index (κ3) is 1.62. The molecule has 0 aromatic heterocycles. The fourth-order valence-corrected chi connectivity index (χ4v) is 1.03. The van der Waals surface area contributed by atoms with E-state index in [9.17, 15) is 0 Å². The van der Waals surface area contributed by atoms with E-state index in [1.807, 2.05) is 6.92 Å². The van der Waals surface area contributed by atoms with Gasteiger partial charge in [-0.25, -0.2) is 0 Å². The molecule has 0 aromatic carbocycles. The van der Waals surface area contributed by atoms with Gasteiger partial charge < -0.3 is 10.1 Å². The van der Waals surface area contributed by atoms with Crippen molar-refractivity contribution in [1.82, 2.24) is 5.32 Å². The number of ether oxygens (including phenoxy) is 1. The molecular formula is C5H10ClNO. The van der Waals surface area contributed by atoms with Gasteiger partial charge in [-0.3, -0.25) is 0 Å². The van der Waals surface area contributed by atoms with Crippen LogP contribution >= 0.6 is 11.6 Å². The van der Waals surface area contributed by atoms with Gasteiger partial charge in [-0.1, -0.05) is 11.6 Å². The molecule has 0 amide bonds. The van der Waals surface area contributed by atoms with E-state index in [0.717, 1.165) is 13.1 Å². The lowest BCUT2D eigenvalue weighted by Gasteiger charge is -2.23. The molecular weight excluding hydrogens is 126 g/mol. The van der Waals surface area contributed by atoms with E-state index in [0.29, 0.717) is 0 Å². The lowest BCUT2D eigenvalue weighted by Crippen LogP contribution is -2.40. The minimum atomic E-state index is -0.126. The van der Waals surface area contributed by atoms with Crippen molar-refractivity contribution in [1.29, 1.82) is 0 Å². The Balaban J connectivity index is 2.23. The summed E-state index contributed by atoms with van der Waals surface area (Å²) < 4.78 is 5.19. The summed E-state index contributed by atoms with van der Waals surface area (Å²) in [6.45, 7) is 3.69. The van der Waals surface area contributed by atoms with Crippen molar-refractivity contribution in [2.75, 3.05) is 13.1 Å². The summed E-state index contributed by atoms with van der Waals surface area (Å²) in [4.78, 5) is 0. The number of hydrogen-bond donors (Lipinski definition) is 1. The van der Waals surface area contributed by atoms with Crippen LogP contribution in [-0.4, -0.2) is 24.8 Å². The lowest BCUT2D eigenvalue weighted by atomic mass is 10.3. The summed E-state index contributed by atoms with van der Waals surface area (Å²) >= 11 is 5.63. The topological polar surface area (TPSA) is 21.3 Å². The molecule has 2 atom stereocenters. The second-order valence-electron chi connectivity index (χ2n) is 2.02. The minimum Gasteiger partial charge on any atom is -0.357 e. The molecule has 0 radical (unpaired) electrons. The van der Waals surface area contributed by atoms with Crippen LogP contribution in [0.3, 0.4) is 0 Å². The maximum atomic E-state index is 5.63. The highest BCUT2D eigenvalue weighted by Gasteiger charge is 2.14. The molecule has 1 rings (SSSR count). The summed E-state index contributed by atoms with van der Waals surface area (Å²) in [5.74, 6) is 0. The summed E-state index contributed by atoms with van der Waals surface area (Å²) in [7, 11) is 0. The lowest BCUT2D eigenvalue weighted by molar-refractivity contribution is 0.0165. The Labute approximate surface area is 54.2 Å². The number of alkyl halides is 1. The van der Waals surface area contributed by atoms with Crippen LogP contribution in [-0.2, 0) is 4.74 Å². The van der Waals surface area contributed by atoms with Gasteiger partial charge in [0.25, 0.3) is 0 Å². The zero-order valence-electron chi connectivity index (χ0n) is 4.86. The van der Waals surface area contributed by atoms with Crippen molar-refractivity contribution in [3.63, 3.8) is 0 Å². The van der Waals surface area contributed by atoms with E-state index in [4.69, 9.17) is 16.3 Å². The SMILES string of the molecule is CC1CNCC(Cl)O1.